The molecule has 0 aliphatic carbocycles. The quantitative estimate of drug-likeness (QED) is 0.744. The Morgan fingerprint density at radius 3 is 2.72 bits per heavy atom. The standard InChI is InChI=1S/C15H23NO2/c1-4-6-11-18-15-12(3)9-7-10-13(15)16-14(17)8-5-2/h7,9-10H,4-6,8,11H2,1-3H3,(H,16,17). The summed E-state index contributed by atoms with van der Waals surface area (Å²) in [7, 11) is 0. The summed E-state index contributed by atoms with van der Waals surface area (Å²) in [5, 5.41) is 2.92. The van der Waals surface area contributed by atoms with Gasteiger partial charge in [-0.25, -0.2) is 0 Å². The van der Waals surface area contributed by atoms with Crippen molar-refractivity contribution in [3.05, 3.63) is 23.8 Å². The Balaban J connectivity index is 2.76. The second-order valence-electron chi connectivity index (χ2n) is 4.45. The molecule has 0 spiro atoms. The van der Waals surface area contributed by atoms with Crippen LogP contribution in [0.3, 0.4) is 0 Å². The average Bonchev–Trinajstić information content (AvgIpc) is 2.33. The first kappa shape index (κ1) is 14.6. The van der Waals surface area contributed by atoms with Gasteiger partial charge in [0.2, 0.25) is 5.91 Å². The van der Waals surface area contributed by atoms with Crippen LogP contribution >= 0.6 is 0 Å². The smallest absolute Gasteiger partial charge is 0.224 e. The van der Waals surface area contributed by atoms with Crippen LogP contribution in [-0.4, -0.2) is 12.5 Å². The van der Waals surface area contributed by atoms with Crippen LogP contribution in [0.2, 0.25) is 0 Å². The molecule has 1 aromatic rings. The molecule has 0 unspecified atom stereocenters. The number of amides is 1. The molecular weight excluding hydrogens is 226 g/mol. The summed E-state index contributed by atoms with van der Waals surface area (Å²) in [6, 6.07) is 5.82. The lowest BCUT2D eigenvalue weighted by Gasteiger charge is -2.14. The lowest BCUT2D eigenvalue weighted by atomic mass is 10.2. The van der Waals surface area contributed by atoms with Crippen LogP contribution < -0.4 is 10.1 Å². The SMILES string of the molecule is CCCCOc1c(C)cccc1NC(=O)CCC. The first-order valence-electron chi connectivity index (χ1n) is 6.71. The second kappa shape index (κ2) is 7.75. The van der Waals surface area contributed by atoms with Crippen molar-refractivity contribution in [2.24, 2.45) is 0 Å². The summed E-state index contributed by atoms with van der Waals surface area (Å²) in [6.45, 7) is 6.81. The van der Waals surface area contributed by atoms with E-state index in [4.69, 9.17) is 4.74 Å². The largest absolute Gasteiger partial charge is 0.491 e. The molecule has 0 fully saturated rings. The van der Waals surface area contributed by atoms with Gasteiger partial charge in [0.15, 0.2) is 0 Å². The van der Waals surface area contributed by atoms with Gasteiger partial charge in [0, 0.05) is 6.42 Å². The summed E-state index contributed by atoms with van der Waals surface area (Å²) in [5.74, 6) is 0.846. The number of anilines is 1. The van der Waals surface area contributed by atoms with Crippen LogP contribution in [0.15, 0.2) is 18.2 Å². The van der Waals surface area contributed by atoms with E-state index in [0.717, 1.165) is 36.3 Å². The molecule has 0 aliphatic heterocycles. The minimum absolute atomic E-state index is 0.0449. The van der Waals surface area contributed by atoms with E-state index in [9.17, 15) is 4.79 Å². The summed E-state index contributed by atoms with van der Waals surface area (Å²) >= 11 is 0. The molecule has 0 aliphatic rings. The Labute approximate surface area is 110 Å². The van der Waals surface area contributed by atoms with Crippen LogP contribution in [0.5, 0.6) is 5.75 Å². The maximum atomic E-state index is 11.6. The molecule has 3 heteroatoms. The predicted octanol–water partition coefficient (Wildman–Crippen LogP) is 3.91. The zero-order chi connectivity index (χ0) is 13.4. The number of carbonyl (C=O) groups excluding carboxylic acids is 1. The van der Waals surface area contributed by atoms with E-state index in [1.54, 1.807) is 0 Å². The van der Waals surface area contributed by atoms with Gasteiger partial charge < -0.3 is 10.1 Å². The van der Waals surface area contributed by atoms with Gasteiger partial charge in [-0.2, -0.15) is 0 Å². The Morgan fingerprint density at radius 1 is 1.28 bits per heavy atom. The van der Waals surface area contributed by atoms with Crippen LogP contribution in [0.1, 0.15) is 45.1 Å². The average molecular weight is 249 g/mol. The van der Waals surface area contributed by atoms with Crippen molar-refractivity contribution in [3.63, 3.8) is 0 Å². The normalized spacial score (nSPS) is 10.2. The number of carbonyl (C=O) groups is 1. The highest BCUT2D eigenvalue weighted by Crippen LogP contribution is 2.28. The van der Waals surface area contributed by atoms with Crippen LogP contribution in [0, 0.1) is 6.92 Å². The van der Waals surface area contributed by atoms with Crippen molar-refractivity contribution in [3.8, 4) is 5.75 Å². The highest BCUT2D eigenvalue weighted by Gasteiger charge is 2.09. The molecular formula is C15H23NO2. The monoisotopic (exact) mass is 249 g/mol. The molecule has 0 aromatic heterocycles. The van der Waals surface area contributed by atoms with E-state index in [1.165, 1.54) is 0 Å². The van der Waals surface area contributed by atoms with Gasteiger partial charge in [-0.05, 0) is 31.4 Å². The number of hydrogen-bond acceptors (Lipinski definition) is 2. The van der Waals surface area contributed by atoms with Crippen molar-refractivity contribution < 1.29 is 9.53 Å². The summed E-state index contributed by atoms with van der Waals surface area (Å²) < 4.78 is 5.77. The predicted molar refractivity (Wildman–Crippen MR) is 75.1 cm³/mol. The maximum absolute atomic E-state index is 11.6. The van der Waals surface area contributed by atoms with E-state index >= 15 is 0 Å². The highest BCUT2D eigenvalue weighted by molar-refractivity contribution is 5.92. The molecule has 0 bridgehead atoms. The topological polar surface area (TPSA) is 38.3 Å². The molecule has 1 amide bonds. The van der Waals surface area contributed by atoms with Gasteiger partial charge in [-0.3, -0.25) is 4.79 Å². The zero-order valence-electron chi connectivity index (χ0n) is 11.6. The number of nitrogens with one attached hydrogen (secondary N) is 1. The van der Waals surface area contributed by atoms with E-state index < -0.39 is 0 Å². The number of rotatable bonds is 7. The fourth-order valence-corrected chi connectivity index (χ4v) is 1.70. The van der Waals surface area contributed by atoms with Crippen LogP contribution in [0.4, 0.5) is 5.69 Å². The third kappa shape index (κ3) is 4.40. The number of unbranched alkanes of at least 4 members (excludes halogenated alkanes) is 1. The first-order valence-corrected chi connectivity index (χ1v) is 6.71. The van der Waals surface area contributed by atoms with Crippen LogP contribution in [0.25, 0.3) is 0 Å². The lowest BCUT2D eigenvalue weighted by Crippen LogP contribution is -2.12. The van der Waals surface area contributed by atoms with E-state index in [1.807, 2.05) is 32.0 Å². The number of para-hydroxylation sites is 1. The van der Waals surface area contributed by atoms with Gasteiger partial charge >= 0.3 is 0 Å². The zero-order valence-corrected chi connectivity index (χ0v) is 11.6. The third-order valence-electron chi connectivity index (χ3n) is 2.71. The molecule has 0 saturated carbocycles. The van der Waals surface area contributed by atoms with Gasteiger partial charge in [0.05, 0.1) is 12.3 Å². The fourth-order valence-electron chi connectivity index (χ4n) is 1.70. The van der Waals surface area contributed by atoms with Gasteiger partial charge in [0.25, 0.3) is 0 Å². The lowest BCUT2D eigenvalue weighted by molar-refractivity contribution is -0.116. The minimum Gasteiger partial charge on any atom is -0.491 e. The van der Waals surface area contributed by atoms with E-state index in [-0.39, 0.29) is 5.91 Å². The van der Waals surface area contributed by atoms with Gasteiger partial charge in [0.1, 0.15) is 5.75 Å². The van der Waals surface area contributed by atoms with E-state index in [0.29, 0.717) is 13.0 Å². The Hall–Kier alpha value is -1.51. The number of benzene rings is 1. The van der Waals surface area contributed by atoms with Gasteiger partial charge in [-0.15, -0.1) is 0 Å². The molecule has 0 saturated heterocycles. The number of hydrogen-bond donors (Lipinski definition) is 1. The maximum Gasteiger partial charge on any atom is 0.224 e. The molecule has 0 atom stereocenters. The fraction of sp³-hybridized carbons (Fsp3) is 0.533. The first-order chi connectivity index (χ1) is 8.69. The molecule has 0 heterocycles. The Morgan fingerprint density at radius 2 is 2.06 bits per heavy atom. The molecule has 3 nitrogen and oxygen atoms in total. The minimum atomic E-state index is 0.0449. The molecule has 100 valence electrons. The number of aryl methyl sites for hydroxylation is 1. The Bertz CT molecular complexity index is 388. The van der Waals surface area contributed by atoms with Crippen molar-refractivity contribution in [2.45, 2.75) is 46.5 Å². The number of ether oxygens (including phenoxy) is 1. The molecule has 1 N–H and O–H groups in total. The molecule has 0 radical (unpaired) electrons. The molecule has 1 aromatic carbocycles. The third-order valence-corrected chi connectivity index (χ3v) is 2.71. The van der Waals surface area contributed by atoms with E-state index in [2.05, 4.69) is 12.2 Å². The molecule has 18 heavy (non-hydrogen) atoms. The van der Waals surface area contributed by atoms with Crippen molar-refractivity contribution in [2.75, 3.05) is 11.9 Å². The summed E-state index contributed by atoms with van der Waals surface area (Å²) in [6.07, 6.45) is 3.52. The summed E-state index contributed by atoms with van der Waals surface area (Å²) in [4.78, 5) is 11.6. The van der Waals surface area contributed by atoms with Gasteiger partial charge in [-0.1, -0.05) is 32.4 Å². The van der Waals surface area contributed by atoms with Crippen molar-refractivity contribution >= 4 is 11.6 Å². The van der Waals surface area contributed by atoms with Crippen molar-refractivity contribution in [1.82, 2.24) is 0 Å². The molecule has 1 rings (SSSR count). The van der Waals surface area contributed by atoms with Crippen molar-refractivity contribution in [1.29, 1.82) is 0 Å². The Kier molecular flexibility index (Phi) is 6.26. The summed E-state index contributed by atoms with van der Waals surface area (Å²) in [5.41, 5.74) is 1.84. The highest BCUT2D eigenvalue weighted by atomic mass is 16.5. The van der Waals surface area contributed by atoms with Crippen LogP contribution in [-0.2, 0) is 4.79 Å². The second-order valence-corrected chi connectivity index (χ2v) is 4.45.